The monoisotopic (exact) mass is 381 g/mol. The summed E-state index contributed by atoms with van der Waals surface area (Å²) in [7, 11) is 4.01. The van der Waals surface area contributed by atoms with Crippen LogP contribution in [0.3, 0.4) is 0 Å². The maximum atomic E-state index is 11.9. The first-order valence-corrected chi connectivity index (χ1v) is 8.71. The molecule has 0 unspecified atom stereocenters. The molecule has 1 heterocycles. The van der Waals surface area contributed by atoms with Gasteiger partial charge in [0.25, 0.3) is 0 Å². The van der Waals surface area contributed by atoms with Crippen LogP contribution in [-0.4, -0.2) is 30.9 Å². The lowest BCUT2D eigenvalue weighted by molar-refractivity contribution is 0.252. The van der Waals surface area contributed by atoms with Gasteiger partial charge in [-0.15, -0.1) is 0 Å². The second kappa shape index (κ2) is 8.42. The van der Waals surface area contributed by atoms with E-state index in [2.05, 4.69) is 15.8 Å². The highest BCUT2D eigenvalue weighted by atomic mass is 35.5. The van der Waals surface area contributed by atoms with E-state index in [-0.39, 0.29) is 0 Å². The smallest absolute Gasteiger partial charge is 0.339 e. The van der Waals surface area contributed by atoms with Crippen LogP contribution in [0.2, 0.25) is 5.02 Å². The van der Waals surface area contributed by atoms with Crippen molar-refractivity contribution in [3.05, 3.63) is 77.6 Å². The molecule has 1 aromatic heterocycles. The zero-order valence-electron chi connectivity index (χ0n) is 15.1. The van der Waals surface area contributed by atoms with Crippen LogP contribution in [0.4, 0.5) is 16.2 Å². The quantitative estimate of drug-likeness (QED) is 0.509. The van der Waals surface area contributed by atoms with E-state index in [1.807, 2.05) is 66.2 Å². The van der Waals surface area contributed by atoms with Crippen LogP contribution in [0, 0.1) is 0 Å². The van der Waals surface area contributed by atoms with Gasteiger partial charge in [-0.25, -0.2) is 10.2 Å². The van der Waals surface area contributed by atoms with Crippen LogP contribution in [0.1, 0.15) is 5.69 Å². The average molecular weight is 382 g/mol. The SMILES string of the molecule is CN(C)c1ccc(-n2cccc2/C=N/NC(=O)Nc2cccc(Cl)c2)cc1. The number of carbonyl (C=O) groups is 1. The first-order valence-electron chi connectivity index (χ1n) is 8.34. The summed E-state index contributed by atoms with van der Waals surface area (Å²) in [6.45, 7) is 0. The van der Waals surface area contributed by atoms with Crippen molar-refractivity contribution in [2.75, 3.05) is 24.3 Å². The topological polar surface area (TPSA) is 61.7 Å². The number of halogens is 1. The lowest BCUT2D eigenvalue weighted by atomic mass is 10.2. The molecule has 27 heavy (non-hydrogen) atoms. The van der Waals surface area contributed by atoms with Gasteiger partial charge >= 0.3 is 6.03 Å². The molecule has 2 N–H and O–H groups in total. The number of urea groups is 1. The zero-order valence-corrected chi connectivity index (χ0v) is 15.8. The standard InChI is InChI=1S/C20H20ClN5O/c1-25(2)17-8-10-18(11-9-17)26-12-4-7-19(26)14-22-24-20(27)23-16-6-3-5-15(21)13-16/h3-14H,1-2H3,(H2,23,24,27)/b22-14+. The summed E-state index contributed by atoms with van der Waals surface area (Å²) in [5, 5.41) is 7.23. The van der Waals surface area contributed by atoms with Gasteiger partial charge in [0.1, 0.15) is 0 Å². The second-order valence-electron chi connectivity index (χ2n) is 6.05. The molecule has 138 valence electrons. The molecular weight excluding hydrogens is 362 g/mol. The lowest BCUT2D eigenvalue weighted by Crippen LogP contribution is -2.24. The third-order valence-corrected chi connectivity index (χ3v) is 4.11. The van der Waals surface area contributed by atoms with Gasteiger partial charge in [0.2, 0.25) is 0 Å². The fourth-order valence-electron chi connectivity index (χ4n) is 2.53. The summed E-state index contributed by atoms with van der Waals surface area (Å²) in [5.74, 6) is 0. The Bertz CT molecular complexity index is 947. The van der Waals surface area contributed by atoms with Gasteiger partial charge in [-0.3, -0.25) is 0 Å². The predicted molar refractivity (Wildman–Crippen MR) is 111 cm³/mol. The number of hydrogen-bond acceptors (Lipinski definition) is 3. The van der Waals surface area contributed by atoms with Crippen LogP contribution in [-0.2, 0) is 0 Å². The van der Waals surface area contributed by atoms with E-state index < -0.39 is 6.03 Å². The summed E-state index contributed by atoms with van der Waals surface area (Å²) in [5.41, 5.74) is 6.02. The molecule has 0 aliphatic heterocycles. The van der Waals surface area contributed by atoms with Crippen molar-refractivity contribution in [3.8, 4) is 5.69 Å². The van der Waals surface area contributed by atoms with Crippen molar-refractivity contribution in [1.29, 1.82) is 0 Å². The number of rotatable bonds is 5. The van der Waals surface area contributed by atoms with E-state index in [0.717, 1.165) is 17.1 Å². The highest BCUT2D eigenvalue weighted by molar-refractivity contribution is 6.30. The molecule has 0 saturated heterocycles. The molecule has 0 spiro atoms. The first kappa shape index (κ1) is 18.5. The van der Waals surface area contributed by atoms with Gasteiger partial charge < -0.3 is 14.8 Å². The number of hydrazone groups is 1. The van der Waals surface area contributed by atoms with E-state index in [1.165, 1.54) is 0 Å². The number of benzene rings is 2. The zero-order chi connectivity index (χ0) is 19.2. The summed E-state index contributed by atoms with van der Waals surface area (Å²) in [4.78, 5) is 14.0. The molecule has 7 heteroatoms. The molecule has 3 rings (SSSR count). The third-order valence-electron chi connectivity index (χ3n) is 3.87. The minimum absolute atomic E-state index is 0.443. The summed E-state index contributed by atoms with van der Waals surface area (Å²) >= 11 is 5.90. The Morgan fingerprint density at radius 1 is 1.11 bits per heavy atom. The Balaban J connectivity index is 1.64. The van der Waals surface area contributed by atoms with Gasteiger partial charge in [-0.05, 0) is 54.6 Å². The van der Waals surface area contributed by atoms with Crippen LogP contribution in [0.25, 0.3) is 5.69 Å². The minimum Gasteiger partial charge on any atom is -0.378 e. The number of nitrogens with zero attached hydrogens (tertiary/aromatic N) is 3. The Morgan fingerprint density at radius 3 is 2.59 bits per heavy atom. The largest absolute Gasteiger partial charge is 0.378 e. The van der Waals surface area contributed by atoms with E-state index in [1.54, 1.807) is 30.5 Å². The number of nitrogens with one attached hydrogen (secondary N) is 2. The van der Waals surface area contributed by atoms with E-state index in [0.29, 0.717) is 10.7 Å². The van der Waals surface area contributed by atoms with Crippen LogP contribution in [0.5, 0.6) is 0 Å². The van der Waals surface area contributed by atoms with Crippen molar-refractivity contribution in [2.24, 2.45) is 5.10 Å². The van der Waals surface area contributed by atoms with Crippen molar-refractivity contribution in [2.45, 2.75) is 0 Å². The molecule has 0 fully saturated rings. The van der Waals surface area contributed by atoms with Gasteiger partial charge in [-0.2, -0.15) is 5.10 Å². The Hall–Kier alpha value is -3.25. The van der Waals surface area contributed by atoms with Crippen LogP contribution < -0.4 is 15.6 Å². The molecule has 0 bridgehead atoms. The van der Waals surface area contributed by atoms with Crippen LogP contribution >= 0.6 is 11.6 Å². The first-order chi connectivity index (χ1) is 13.0. The second-order valence-corrected chi connectivity index (χ2v) is 6.48. The van der Waals surface area contributed by atoms with Gasteiger partial charge in [-0.1, -0.05) is 17.7 Å². The van der Waals surface area contributed by atoms with Crippen molar-refractivity contribution in [3.63, 3.8) is 0 Å². The van der Waals surface area contributed by atoms with E-state index in [4.69, 9.17) is 11.6 Å². The summed E-state index contributed by atoms with van der Waals surface area (Å²) in [6.07, 6.45) is 3.54. The van der Waals surface area contributed by atoms with E-state index in [9.17, 15) is 4.79 Å². The highest BCUT2D eigenvalue weighted by Crippen LogP contribution is 2.17. The van der Waals surface area contributed by atoms with Crippen molar-refractivity contribution in [1.82, 2.24) is 9.99 Å². The lowest BCUT2D eigenvalue weighted by Gasteiger charge is -2.13. The number of anilines is 2. The normalized spacial score (nSPS) is 10.8. The van der Waals surface area contributed by atoms with Gasteiger partial charge in [0.05, 0.1) is 11.9 Å². The van der Waals surface area contributed by atoms with E-state index >= 15 is 0 Å². The van der Waals surface area contributed by atoms with Gasteiger partial charge in [0, 0.05) is 42.4 Å². The molecular formula is C20H20ClN5O. The molecule has 6 nitrogen and oxygen atoms in total. The predicted octanol–water partition coefficient (Wildman–Crippen LogP) is 4.35. The fraction of sp³-hybridized carbons (Fsp3) is 0.100. The molecule has 0 atom stereocenters. The van der Waals surface area contributed by atoms with Gasteiger partial charge in [0.15, 0.2) is 0 Å². The highest BCUT2D eigenvalue weighted by Gasteiger charge is 2.03. The molecule has 0 saturated carbocycles. The maximum absolute atomic E-state index is 11.9. The maximum Gasteiger partial charge on any atom is 0.339 e. The average Bonchev–Trinajstić information content (AvgIpc) is 3.10. The molecule has 0 aliphatic rings. The number of carbonyl (C=O) groups excluding carboxylic acids is 1. The Kier molecular flexibility index (Phi) is 5.78. The number of hydrogen-bond donors (Lipinski definition) is 2. The summed E-state index contributed by atoms with van der Waals surface area (Å²) < 4.78 is 1.99. The Labute approximate surface area is 163 Å². The number of amides is 2. The third kappa shape index (κ3) is 4.89. The van der Waals surface area contributed by atoms with Crippen molar-refractivity contribution >= 4 is 35.2 Å². The number of aromatic nitrogens is 1. The molecule has 0 radical (unpaired) electrons. The molecule has 3 aromatic rings. The Morgan fingerprint density at radius 2 is 1.89 bits per heavy atom. The fourth-order valence-corrected chi connectivity index (χ4v) is 2.72. The minimum atomic E-state index is -0.443. The molecule has 0 aliphatic carbocycles. The van der Waals surface area contributed by atoms with Crippen molar-refractivity contribution < 1.29 is 4.79 Å². The molecule has 2 amide bonds. The summed E-state index contributed by atoms with van der Waals surface area (Å²) in [6, 6.07) is 18.5. The van der Waals surface area contributed by atoms with Crippen LogP contribution in [0.15, 0.2) is 72.0 Å². The molecule has 2 aromatic carbocycles.